The third-order valence-electron chi connectivity index (χ3n) is 7.10. The Labute approximate surface area is 191 Å². The first kappa shape index (κ1) is 22.8. The standard InChI is InChI=1S/C27H36N2O3/c1-2-32-23-10-6-7-21(17-23)19-27(12-15-29(16-13-27)14-11-26(30)31)20-28-25-18-24(25)22-8-4-3-5-9-22/h3-10,17,24-25,28H,2,11-16,18-20H2,1H3,(H,30,31)/t24?,25-/m1/s1. The molecule has 2 atom stereocenters. The number of nitrogens with one attached hydrogen (secondary N) is 1. The lowest BCUT2D eigenvalue weighted by Gasteiger charge is -2.42. The highest BCUT2D eigenvalue weighted by atomic mass is 16.5. The van der Waals surface area contributed by atoms with Crippen molar-refractivity contribution < 1.29 is 14.6 Å². The highest BCUT2D eigenvalue weighted by molar-refractivity contribution is 5.66. The summed E-state index contributed by atoms with van der Waals surface area (Å²) < 4.78 is 5.73. The summed E-state index contributed by atoms with van der Waals surface area (Å²) in [6.45, 7) is 6.28. The molecule has 32 heavy (non-hydrogen) atoms. The minimum atomic E-state index is -0.711. The van der Waals surface area contributed by atoms with Gasteiger partial charge >= 0.3 is 5.97 Å². The van der Waals surface area contributed by atoms with Crippen molar-refractivity contribution in [2.45, 2.75) is 51.0 Å². The van der Waals surface area contributed by atoms with Crippen molar-refractivity contribution in [3.8, 4) is 5.75 Å². The van der Waals surface area contributed by atoms with E-state index in [1.165, 1.54) is 17.5 Å². The van der Waals surface area contributed by atoms with Crippen LogP contribution in [0.5, 0.6) is 5.75 Å². The Kier molecular flexibility index (Phi) is 7.48. The second-order valence-corrected chi connectivity index (χ2v) is 9.48. The molecule has 4 rings (SSSR count). The maximum Gasteiger partial charge on any atom is 0.304 e. The van der Waals surface area contributed by atoms with Crippen molar-refractivity contribution in [2.75, 3.05) is 32.8 Å². The van der Waals surface area contributed by atoms with E-state index in [0.717, 1.165) is 44.6 Å². The average molecular weight is 437 g/mol. The molecule has 2 aliphatic rings. The van der Waals surface area contributed by atoms with E-state index in [1.54, 1.807) is 0 Å². The van der Waals surface area contributed by atoms with Crippen LogP contribution in [0.25, 0.3) is 0 Å². The number of ether oxygens (including phenoxy) is 1. The van der Waals surface area contributed by atoms with Crippen molar-refractivity contribution in [3.63, 3.8) is 0 Å². The number of carbonyl (C=O) groups is 1. The predicted molar refractivity (Wildman–Crippen MR) is 127 cm³/mol. The largest absolute Gasteiger partial charge is 0.494 e. The van der Waals surface area contributed by atoms with Crippen LogP contribution in [0.1, 0.15) is 49.7 Å². The molecule has 5 nitrogen and oxygen atoms in total. The van der Waals surface area contributed by atoms with Crippen LogP contribution in [-0.2, 0) is 11.2 Å². The van der Waals surface area contributed by atoms with Crippen molar-refractivity contribution in [1.29, 1.82) is 0 Å². The van der Waals surface area contributed by atoms with Crippen LogP contribution in [0.3, 0.4) is 0 Å². The summed E-state index contributed by atoms with van der Waals surface area (Å²) in [5.41, 5.74) is 2.95. The van der Waals surface area contributed by atoms with E-state index in [0.29, 0.717) is 25.1 Å². The number of likely N-dealkylation sites (tertiary alicyclic amines) is 1. The van der Waals surface area contributed by atoms with Crippen LogP contribution >= 0.6 is 0 Å². The third kappa shape index (κ3) is 6.11. The van der Waals surface area contributed by atoms with Crippen LogP contribution in [0.15, 0.2) is 54.6 Å². The molecule has 1 aliphatic carbocycles. The number of hydrogen-bond donors (Lipinski definition) is 2. The zero-order valence-corrected chi connectivity index (χ0v) is 19.1. The van der Waals surface area contributed by atoms with Gasteiger partial charge in [-0.05, 0) is 74.4 Å². The Bertz CT molecular complexity index is 877. The van der Waals surface area contributed by atoms with E-state index in [4.69, 9.17) is 9.84 Å². The molecule has 2 aromatic rings. The molecule has 172 valence electrons. The molecule has 0 spiro atoms. The highest BCUT2D eigenvalue weighted by Crippen LogP contribution is 2.42. The fraction of sp³-hybridized carbons (Fsp3) is 0.519. The van der Waals surface area contributed by atoms with Gasteiger partial charge in [0.15, 0.2) is 0 Å². The van der Waals surface area contributed by atoms with E-state index in [2.05, 4.69) is 58.7 Å². The molecule has 1 unspecified atom stereocenters. The van der Waals surface area contributed by atoms with E-state index in [-0.39, 0.29) is 11.8 Å². The Morgan fingerprint density at radius 2 is 1.94 bits per heavy atom. The number of benzene rings is 2. The second kappa shape index (κ2) is 10.5. The van der Waals surface area contributed by atoms with E-state index < -0.39 is 5.97 Å². The van der Waals surface area contributed by atoms with Crippen molar-refractivity contribution in [3.05, 3.63) is 65.7 Å². The van der Waals surface area contributed by atoms with E-state index in [9.17, 15) is 4.79 Å². The number of piperidine rings is 1. The van der Waals surface area contributed by atoms with Gasteiger partial charge in [-0.2, -0.15) is 0 Å². The molecule has 1 saturated heterocycles. The molecular weight excluding hydrogens is 400 g/mol. The summed E-state index contributed by atoms with van der Waals surface area (Å²) in [5, 5.41) is 12.9. The van der Waals surface area contributed by atoms with Crippen LogP contribution in [-0.4, -0.2) is 54.8 Å². The summed E-state index contributed by atoms with van der Waals surface area (Å²) in [5.74, 6) is 0.862. The summed E-state index contributed by atoms with van der Waals surface area (Å²) in [6.07, 6.45) is 4.63. The van der Waals surface area contributed by atoms with Gasteiger partial charge in [0.2, 0.25) is 0 Å². The van der Waals surface area contributed by atoms with E-state index >= 15 is 0 Å². The molecule has 1 heterocycles. The van der Waals surface area contributed by atoms with Gasteiger partial charge in [-0.15, -0.1) is 0 Å². The maximum atomic E-state index is 11.0. The van der Waals surface area contributed by atoms with Crippen LogP contribution in [0.4, 0.5) is 0 Å². The molecule has 1 aliphatic heterocycles. The van der Waals surface area contributed by atoms with Crippen molar-refractivity contribution >= 4 is 5.97 Å². The third-order valence-corrected chi connectivity index (χ3v) is 7.10. The number of carboxylic acids is 1. The SMILES string of the molecule is CCOc1cccc(CC2(CN[C@@H]3CC3c3ccccc3)CCN(CCC(=O)O)CC2)c1. The minimum Gasteiger partial charge on any atom is -0.494 e. The van der Waals surface area contributed by atoms with Crippen molar-refractivity contribution in [2.24, 2.45) is 5.41 Å². The zero-order valence-electron chi connectivity index (χ0n) is 19.1. The van der Waals surface area contributed by atoms with Gasteiger partial charge in [-0.25, -0.2) is 0 Å². The topological polar surface area (TPSA) is 61.8 Å². The lowest BCUT2D eigenvalue weighted by Crippen LogP contribution is -2.47. The van der Waals surface area contributed by atoms with Gasteiger partial charge in [0.1, 0.15) is 5.75 Å². The summed E-state index contributed by atoms with van der Waals surface area (Å²) in [7, 11) is 0. The Morgan fingerprint density at radius 3 is 2.66 bits per heavy atom. The molecule has 0 bridgehead atoms. The number of hydrogen-bond acceptors (Lipinski definition) is 4. The van der Waals surface area contributed by atoms with Crippen LogP contribution in [0, 0.1) is 5.41 Å². The van der Waals surface area contributed by atoms with Gasteiger partial charge in [0.05, 0.1) is 13.0 Å². The monoisotopic (exact) mass is 436 g/mol. The molecule has 0 aromatic heterocycles. The molecular formula is C27H36N2O3. The average Bonchev–Trinajstić information content (AvgIpc) is 3.58. The first-order valence-electron chi connectivity index (χ1n) is 12.0. The van der Waals surface area contributed by atoms with Gasteiger partial charge in [0.25, 0.3) is 0 Å². The normalized spacial score (nSPS) is 22.4. The highest BCUT2D eigenvalue weighted by Gasteiger charge is 2.41. The first-order chi connectivity index (χ1) is 15.6. The van der Waals surface area contributed by atoms with Gasteiger partial charge in [-0.1, -0.05) is 42.5 Å². The van der Waals surface area contributed by atoms with Gasteiger partial charge < -0.3 is 20.1 Å². The second-order valence-electron chi connectivity index (χ2n) is 9.48. The minimum absolute atomic E-state index is 0.189. The Hall–Kier alpha value is -2.37. The smallest absolute Gasteiger partial charge is 0.304 e. The van der Waals surface area contributed by atoms with Crippen molar-refractivity contribution in [1.82, 2.24) is 10.2 Å². The van der Waals surface area contributed by atoms with E-state index in [1.807, 2.05) is 13.0 Å². The molecule has 1 saturated carbocycles. The number of rotatable bonds is 11. The Morgan fingerprint density at radius 1 is 1.16 bits per heavy atom. The lowest BCUT2D eigenvalue weighted by molar-refractivity contribution is -0.137. The van der Waals surface area contributed by atoms with Crippen LogP contribution < -0.4 is 10.1 Å². The quantitative estimate of drug-likeness (QED) is 0.549. The molecule has 0 radical (unpaired) electrons. The maximum absolute atomic E-state index is 11.0. The summed E-state index contributed by atoms with van der Waals surface area (Å²) in [6, 6.07) is 19.9. The number of carboxylic acid groups (broad SMARTS) is 1. The Balaban J connectivity index is 1.40. The van der Waals surface area contributed by atoms with Crippen LogP contribution in [0.2, 0.25) is 0 Å². The number of aliphatic carboxylic acids is 1. The molecule has 5 heteroatoms. The predicted octanol–water partition coefficient (Wildman–Crippen LogP) is 4.33. The molecule has 2 fully saturated rings. The van der Waals surface area contributed by atoms with Gasteiger partial charge in [-0.3, -0.25) is 4.79 Å². The fourth-order valence-corrected chi connectivity index (χ4v) is 5.10. The molecule has 0 amide bonds. The number of nitrogens with zero attached hydrogens (tertiary/aromatic N) is 1. The van der Waals surface area contributed by atoms with Gasteiger partial charge in [0, 0.05) is 25.0 Å². The summed E-state index contributed by atoms with van der Waals surface area (Å²) >= 11 is 0. The fourth-order valence-electron chi connectivity index (χ4n) is 5.10. The molecule has 2 N–H and O–H groups in total. The lowest BCUT2D eigenvalue weighted by atomic mass is 9.73. The molecule has 2 aromatic carbocycles. The first-order valence-corrected chi connectivity index (χ1v) is 12.0. The zero-order chi connectivity index (χ0) is 22.4. The summed E-state index contributed by atoms with van der Waals surface area (Å²) in [4.78, 5) is 13.3.